The Bertz CT molecular complexity index is 424. The number of ether oxygens (including phenoxy) is 3. The second kappa shape index (κ2) is 9.80. The molecule has 1 aromatic carbocycles. The van der Waals surface area contributed by atoms with Crippen LogP contribution in [0.15, 0.2) is 29.3 Å². The average Bonchev–Trinajstić information content (AvgIpc) is 2.43. The molecule has 0 heterocycles. The average molecular weight is 344 g/mol. The van der Waals surface area contributed by atoms with Crippen LogP contribution in [-0.2, 0) is 11.3 Å². The summed E-state index contributed by atoms with van der Waals surface area (Å²) in [5.74, 6) is 1.49. The number of halogens is 1. The minimum absolute atomic E-state index is 0.422. The first-order valence-electron chi connectivity index (χ1n) is 6.58. The van der Waals surface area contributed by atoms with E-state index in [-0.39, 0.29) is 0 Å². The molecule has 5 heteroatoms. The van der Waals surface area contributed by atoms with Crippen molar-refractivity contribution in [3.05, 3.63) is 34.8 Å². The van der Waals surface area contributed by atoms with Crippen molar-refractivity contribution in [1.29, 1.82) is 0 Å². The predicted octanol–water partition coefficient (Wildman–Crippen LogP) is 3.11. The number of rotatable bonds is 10. The van der Waals surface area contributed by atoms with E-state index in [0.29, 0.717) is 19.8 Å². The Balaban J connectivity index is 2.65. The number of methoxy groups -OCH3 is 1. The van der Waals surface area contributed by atoms with Crippen molar-refractivity contribution in [3.8, 4) is 11.5 Å². The van der Waals surface area contributed by atoms with Gasteiger partial charge in [0, 0.05) is 24.7 Å². The topological polar surface area (TPSA) is 39.7 Å². The normalized spacial score (nSPS) is 10.3. The van der Waals surface area contributed by atoms with Gasteiger partial charge in [-0.25, -0.2) is 0 Å². The highest BCUT2D eigenvalue weighted by atomic mass is 79.9. The van der Waals surface area contributed by atoms with Crippen LogP contribution in [0.25, 0.3) is 0 Å². The molecule has 0 aliphatic heterocycles. The summed E-state index contributed by atoms with van der Waals surface area (Å²) in [7, 11) is 1.69. The van der Waals surface area contributed by atoms with Crippen LogP contribution in [0.5, 0.6) is 11.5 Å². The maximum atomic E-state index is 5.64. The highest BCUT2D eigenvalue weighted by Gasteiger charge is 2.06. The molecule has 0 bridgehead atoms. The van der Waals surface area contributed by atoms with Crippen LogP contribution in [0.3, 0.4) is 0 Å². The van der Waals surface area contributed by atoms with Gasteiger partial charge in [-0.1, -0.05) is 28.6 Å². The third-order valence-corrected chi connectivity index (χ3v) is 2.73. The Morgan fingerprint density at radius 1 is 1.30 bits per heavy atom. The van der Waals surface area contributed by atoms with Gasteiger partial charge in [0.25, 0.3) is 0 Å². The molecule has 0 unspecified atom stereocenters. The molecular weight excluding hydrogens is 322 g/mol. The van der Waals surface area contributed by atoms with Crippen molar-refractivity contribution in [1.82, 2.24) is 5.32 Å². The predicted molar refractivity (Wildman–Crippen MR) is 84.8 cm³/mol. The lowest BCUT2D eigenvalue weighted by Gasteiger charge is -2.13. The highest BCUT2D eigenvalue weighted by Crippen LogP contribution is 2.29. The van der Waals surface area contributed by atoms with E-state index >= 15 is 0 Å². The third kappa shape index (κ3) is 6.41. The molecule has 0 fully saturated rings. The van der Waals surface area contributed by atoms with Crippen LogP contribution >= 0.6 is 15.9 Å². The van der Waals surface area contributed by atoms with E-state index in [1.165, 1.54) is 0 Å². The maximum Gasteiger partial charge on any atom is 0.161 e. The first-order valence-corrected chi connectivity index (χ1v) is 7.38. The molecule has 4 nitrogen and oxygen atoms in total. The number of hydrogen-bond donors (Lipinski definition) is 1. The van der Waals surface area contributed by atoms with Gasteiger partial charge in [-0.2, -0.15) is 0 Å². The largest absolute Gasteiger partial charge is 0.490 e. The first kappa shape index (κ1) is 17.0. The quantitative estimate of drug-likeness (QED) is 0.662. The van der Waals surface area contributed by atoms with Crippen LogP contribution < -0.4 is 14.8 Å². The minimum atomic E-state index is 0.422. The zero-order valence-corrected chi connectivity index (χ0v) is 13.7. The summed E-state index contributed by atoms with van der Waals surface area (Å²) >= 11 is 3.28. The summed E-state index contributed by atoms with van der Waals surface area (Å²) in [5, 5.41) is 3.30. The number of hydrogen-bond acceptors (Lipinski definition) is 4. The lowest BCUT2D eigenvalue weighted by atomic mass is 10.2. The zero-order chi connectivity index (χ0) is 14.8. The summed E-state index contributed by atoms with van der Waals surface area (Å²) in [6, 6.07) is 5.94. The van der Waals surface area contributed by atoms with Crippen LogP contribution in [0.1, 0.15) is 12.5 Å². The van der Waals surface area contributed by atoms with Crippen LogP contribution in [0.2, 0.25) is 0 Å². The van der Waals surface area contributed by atoms with Crippen molar-refractivity contribution < 1.29 is 14.2 Å². The van der Waals surface area contributed by atoms with Gasteiger partial charge < -0.3 is 19.5 Å². The van der Waals surface area contributed by atoms with Gasteiger partial charge in [0.2, 0.25) is 0 Å². The fraction of sp³-hybridized carbons (Fsp3) is 0.467. The third-order valence-electron chi connectivity index (χ3n) is 2.50. The summed E-state index contributed by atoms with van der Waals surface area (Å²) in [6.45, 7) is 9.03. The molecule has 0 saturated heterocycles. The smallest absolute Gasteiger partial charge is 0.161 e. The van der Waals surface area contributed by atoms with Gasteiger partial charge in [0.1, 0.15) is 6.61 Å². The summed E-state index contributed by atoms with van der Waals surface area (Å²) in [4.78, 5) is 0. The van der Waals surface area contributed by atoms with Crippen molar-refractivity contribution in [2.24, 2.45) is 0 Å². The molecule has 1 N–H and O–H groups in total. The van der Waals surface area contributed by atoms with Crippen LogP contribution in [0, 0.1) is 0 Å². The molecule has 0 atom stereocenters. The lowest BCUT2D eigenvalue weighted by molar-refractivity contribution is 0.199. The molecule has 1 aromatic rings. The molecule has 0 aliphatic rings. The van der Waals surface area contributed by atoms with E-state index < -0.39 is 0 Å². The van der Waals surface area contributed by atoms with E-state index in [1.807, 2.05) is 25.1 Å². The molecule has 0 radical (unpaired) electrons. The Hall–Kier alpha value is -1.04. The van der Waals surface area contributed by atoms with Gasteiger partial charge in [0.15, 0.2) is 11.5 Å². The Labute approximate surface area is 129 Å². The van der Waals surface area contributed by atoms with E-state index in [9.17, 15) is 0 Å². The van der Waals surface area contributed by atoms with Crippen LogP contribution in [0.4, 0.5) is 0 Å². The Morgan fingerprint density at radius 2 is 2.10 bits per heavy atom. The highest BCUT2D eigenvalue weighted by molar-refractivity contribution is 9.11. The zero-order valence-electron chi connectivity index (χ0n) is 12.1. The van der Waals surface area contributed by atoms with Crippen molar-refractivity contribution >= 4 is 15.9 Å². The standard InChI is InChI=1S/C15H22BrNO3/c1-4-19-15-9-13(10-17-7-8-18-3)5-6-14(15)20-11-12(2)16/h5-6,9,17H,2,4,7-8,10-11H2,1,3H3. The Morgan fingerprint density at radius 3 is 2.75 bits per heavy atom. The van der Waals surface area contributed by atoms with Gasteiger partial charge in [0.05, 0.1) is 13.2 Å². The molecule has 0 aliphatic carbocycles. The van der Waals surface area contributed by atoms with Crippen molar-refractivity contribution in [2.75, 3.05) is 33.5 Å². The molecule has 0 spiro atoms. The van der Waals surface area contributed by atoms with Gasteiger partial charge in [-0.15, -0.1) is 0 Å². The molecule has 0 saturated carbocycles. The maximum absolute atomic E-state index is 5.64. The molecule has 0 amide bonds. The second-order valence-electron chi connectivity index (χ2n) is 4.19. The summed E-state index contributed by atoms with van der Waals surface area (Å²) in [6.07, 6.45) is 0. The van der Waals surface area contributed by atoms with Gasteiger partial charge in [-0.3, -0.25) is 0 Å². The summed E-state index contributed by atoms with van der Waals surface area (Å²) < 4.78 is 17.0. The van der Waals surface area contributed by atoms with Gasteiger partial charge >= 0.3 is 0 Å². The van der Waals surface area contributed by atoms with Crippen molar-refractivity contribution in [3.63, 3.8) is 0 Å². The van der Waals surface area contributed by atoms with Gasteiger partial charge in [-0.05, 0) is 24.6 Å². The van der Waals surface area contributed by atoms with E-state index in [0.717, 1.165) is 34.6 Å². The first-order chi connectivity index (χ1) is 9.67. The number of nitrogens with one attached hydrogen (secondary N) is 1. The van der Waals surface area contributed by atoms with E-state index in [4.69, 9.17) is 14.2 Å². The monoisotopic (exact) mass is 343 g/mol. The fourth-order valence-electron chi connectivity index (χ4n) is 1.61. The molecule has 0 aromatic heterocycles. The van der Waals surface area contributed by atoms with Crippen molar-refractivity contribution in [2.45, 2.75) is 13.5 Å². The minimum Gasteiger partial charge on any atom is -0.490 e. The van der Waals surface area contributed by atoms with E-state index in [1.54, 1.807) is 7.11 Å². The molecule has 1 rings (SSSR count). The summed E-state index contributed by atoms with van der Waals surface area (Å²) in [5.41, 5.74) is 1.15. The fourth-order valence-corrected chi connectivity index (χ4v) is 1.73. The molecule has 20 heavy (non-hydrogen) atoms. The van der Waals surface area contributed by atoms with E-state index in [2.05, 4.69) is 27.8 Å². The molecule has 112 valence electrons. The Kier molecular flexibility index (Phi) is 8.34. The molecular formula is C15H22BrNO3. The number of benzene rings is 1. The van der Waals surface area contributed by atoms with Crippen LogP contribution in [-0.4, -0.2) is 33.5 Å². The second-order valence-corrected chi connectivity index (χ2v) is 5.31. The lowest BCUT2D eigenvalue weighted by Crippen LogP contribution is -2.18. The SMILES string of the molecule is C=C(Br)COc1ccc(CNCCOC)cc1OCC.